The summed E-state index contributed by atoms with van der Waals surface area (Å²) in [6.45, 7) is 4.70. The predicted octanol–water partition coefficient (Wildman–Crippen LogP) is 1.86. The summed E-state index contributed by atoms with van der Waals surface area (Å²) in [6, 6.07) is 6.44. The molecule has 0 aliphatic carbocycles. The summed E-state index contributed by atoms with van der Waals surface area (Å²) >= 11 is 1.59. The Morgan fingerprint density at radius 3 is 2.36 bits per heavy atom. The van der Waals surface area contributed by atoms with Gasteiger partial charge in [-0.1, -0.05) is 12.1 Å². The predicted molar refractivity (Wildman–Crippen MR) is 85.6 cm³/mol. The first-order chi connectivity index (χ1) is 10.5. The van der Waals surface area contributed by atoms with Crippen molar-refractivity contribution >= 4 is 23.3 Å². The highest BCUT2D eigenvalue weighted by molar-refractivity contribution is 7.11. The maximum atomic E-state index is 12.1. The lowest BCUT2D eigenvalue weighted by Crippen LogP contribution is -2.28. The number of nitrogens with zero attached hydrogens (tertiary/aromatic N) is 1. The molecule has 0 aliphatic rings. The van der Waals surface area contributed by atoms with Crippen LogP contribution in [0.5, 0.6) is 0 Å². The number of hydrogen-bond acceptors (Lipinski definition) is 4. The molecule has 3 amide bonds. The lowest BCUT2D eigenvalue weighted by Gasteiger charge is -2.06. The minimum atomic E-state index is -0.572. The monoisotopic (exact) mass is 318 g/mol. The number of carbonyl (C=O) groups excluding carboxylic acids is 2. The van der Waals surface area contributed by atoms with Crippen LogP contribution in [-0.2, 0) is 13.1 Å². The highest BCUT2D eigenvalue weighted by Crippen LogP contribution is 2.16. The van der Waals surface area contributed by atoms with E-state index in [-0.39, 0.29) is 5.91 Å². The van der Waals surface area contributed by atoms with Crippen LogP contribution in [0, 0.1) is 13.8 Å². The number of aryl methyl sites for hydroxylation is 2. The molecule has 1 aromatic heterocycles. The van der Waals surface area contributed by atoms with Crippen LogP contribution in [0.25, 0.3) is 0 Å². The largest absolute Gasteiger partial charge is 0.352 e. The first-order valence-electron chi connectivity index (χ1n) is 6.79. The number of nitrogens with two attached hydrogens (primary N) is 1. The minimum absolute atomic E-state index is 0.139. The normalized spacial score (nSPS) is 10.3. The van der Waals surface area contributed by atoms with Crippen molar-refractivity contribution in [2.75, 3.05) is 0 Å². The number of nitrogens with one attached hydrogen (secondary N) is 2. The van der Waals surface area contributed by atoms with Crippen LogP contribution >= 0.6 is 11.3 Å². The van der Waals surface area contributed by atoms with E-state index in [0.29, 0.717) is 18.7 Å². The number of primary amides is 1. The van der Waals surface area contributed by atoms with E-state index in [1.165, 1.54) is 0 Å². The third kappa shape index (κ3) is 4.29. The molecule has 116 valence electrons. The van der Waals surface area contributed by atoms with Gasteiger partial charge < -0.3 is 16.4 Å². The number of amides is 3. The summed E-state index contributed by atoms with van der Waals surface area (Å²) in [5.41, 5.74) is 7.41. The van der Waals surface area contributed by atoms with E-state index in [9.17, 15) is 9.59 Å². The zero-order valence-corrected chi connectivity index (χ0v) is 13.3. The van der Waals surface area contributed by atoms with Crippen molar-refractivity contribution in [3.05, 3.63) is 51.0 Å². The van der Waals surface area contributed by atoms with Crippen molar-refractivity contribution in [2.45, 2.75) is 26.9 Å². The quantitative estimate of drug-likeness (QED) is 0.785. The van der Waals surface area contributed by atoms with E-state index in [1.54, 1.807) is 35.6 Å². The van der Waals surface area contributed by atoms with Gasteiger partial charge in [-0.25, -0.2) is 9.78 Å². The standard InChI is InChI=1S/C15H18N4O2S/c1-9-13(22-10(2)19-9)8-17-14(20)12-5-3-11(4-6-12)7-18-15(16)21/h3-6H,7-8H2,1-2H3,(H,17,20)(H3,16,18,21). The van der Waals surface area contributed by atoms with E-state index in [0.717, 1.165) is 21.1 Å². The number of carbonyl (C=O) groups is 2. The molecule has 0 radical (unpaired) electrons. The summed E-state index contributed by atoms with van der Waals surface area (Å²) in [6.07, 6.45) is 0. The number of aromatic nitrogens is 1. The lowest BCUT2D eigenvalue weighted by molar-refractivity contribution is 0.0951. The molecule has 0 bridgehead atoms. The van der Waals surface area contributed by atoms with E-state index in [2.05, 4.69) is 15.6 Å². The van der Waals surface area contributed by atoms with Crippen molar-refractivity contribution in [2.24, 2.45) is 5.73 Å². The summed E-state index contributed by atoms with van der Waals surface area (Å²) in [5, 5.41) is 6.37. The van der Waals surface area contributed by atoms with Gasteiger partial charge >= 0.3 is 6.03 Å². The second-order valence-electron chi connectivity index (χ2n) is 4.84. The topological polar surface area (TPSA) is 97.1 Å². The molecule has 2 rings (SSSR count). The van der Waals surface area contributed by atoms with Crippen LogP contribution in [0.15, 0.2) is 24.3 Å². The van der Waals surface area contributed by atoms with E-state index >= 15 is 0 Å². The van der Waals surface area contributed by atoms with Crippen LogP contribution in [0.3, 0.4) is 0 Å². The van der Waals surface area contributed by atoms with Gasteiger partial charge in [0.2, 0.25) is 0 Å². The molecule has 0 atom stereocenters. The number of rotatable bonds is 5. The fraction of sp³-hybridized carbons (Fsp3) is 0.267. The van der Waals surface area contributed by atoms with Crippen molar-refractivity contribution in [3.8, 4) is 0 Å². The highest BCUT2D eigenvalue weighted by atomic mass is 32.1. The maximum absolute atomic E-state index is 12.1. The Labute approximate surface area is 132 Å². The molecule has 6 nitrogen and oxygen atoms in total. The Balaban J connectivity index is 1.92. The van der Waals surface area contributed by atoms with E-state index in [1.807, 2.05) is 13.8 Å². The molecule has 0 saturated carbocycles. The number of urea groups is 1. The third-order valence-electron chi connectivity index (χ3n) is 3.09. The molecule has 0 aliphatic heterocycles. The Bertz CT molecular complexity index is 679. The average molecular weight is 318 g/mol. The highest BCUT2D eigenvalue weighted by Gasteiger charge is 2.09. The Morgan fingerprint density at radius 1 is 1.14 bits per heavy atom. The molecule has 1 heterocycles. The van der Waals surface area contributed by atoms with Gasteiger partial charge in [0.15, 0.2) is 0 Å². The number of benzene rings is 1. The second-order valence-corrected chi connectivity index (χ2v) is 6.13. The zero-order chi connectivity index (χ0) is 16.1. The third-order valence-corrected chi connectivity index (χ3v) is 4.16. The molecular formula is C15H18N4O2S. The van der Waals surface area contributed by atoms with E-state index in [4.69, 9.17) is 5.73 Å². The van der Waals surface area contributed by atoms with Crippen molar-refractivity contribution < 1.29 is 9.59 Å². The Morgan fingerprint density at radius 2 is 1.82 bits per heavy atom. The van der Waals surface area contributed by atoms with Crippen molar-refractivity contribution in [1.29, 1.82) is 0 Å². The van der Waals surface area contributed by atoms with Crippen LogP contribution < -0.4 is 16.4 Å². The minimum Gasteiger partial charge on any atom is -0.352 e. The fourth-order valence-electron chi connectivity index (χ4n) is 1.96. The molecule has 2 aromatic rings. The molecule has 7 heteroatoms. The summed E-state index contributed by atoms with van der Waals surface area (Å²) in [4.78, 5) is 28.1. The Hall–Kier alpha value is -2.41. The number of thiazole rings is 1. The molecule has 0 saturated heterocycles. The molecule has 0 fully saturated rings. The Kier molecular flexibility index (Phi) is 5.11. The summed E-state index contributed by atoms with van der Waals surface area (Å²) in [5.74, 6) is -0.139. The first-order valence-corrected chi connectivity index (χ1v) is 7.60. The van der Waals surface area contributed by atoms with Crippen LogP contribution in [0.1, 0.15) is 31.5 Å². The lowest BCUT2D eigenvalue weighted by atomic mass is 10.1. The first kappa shape index (κ1) is 16.0. The molecule has 1 aromatic carbocycles. The van der Waals surface area contributed by atoms with Crippen LogP contribution in [0.2, 0.25) is 0 Å². The zero-order valence-electron chi connectivity index (χ0n) is 12.5. The molecule has 22 heavy (non-hydrogen) atoms. The van der Waals surface area contributed by atoms with Gasteiger partial charge in [0.25, 0.3) is 5.91 Å². The van der Waals surface area contributed by atoms with Gasteiger partial charge in [-0.05, 0) is 31.5 Å². The van der Waals surface area contributed by atoms with Gasteiger partial charge in [-0.2, -0.15) is 0 Å². The smallest absolute Gasteiger partial charge is 0.312 e. The summed E-state index contributed by atoms with van der Waals surface area (Å²) in [7, 11) is 0. The van der Waals surface area contributed by atoms with Gasteiger partial charge in [-0.15, -0.1) is 11.3 Å². The molecule has 0 unspecified atom stereocenters. The number of hydrogen-bond donors (Lipinski definition) is 3. The fourth-order valence-corrected chi connectivity index (χ4v) is 2.84. The molecular weight excluding hydrogens is 300 g/mol. The SMILES string of the molecule is Cc1nc(C)c(CNC(=O)c2ccc(CNC(N)=O)cc2)s1. The van der Waals surface area contributed by atoms with Gasteiger partial charge in [0.05, 0.1) is 17.2 Å². The van der Waals surface area contributed by atoms with Gasteiger partial charge in [-0.3, -0.25) is 4.79 Å². The molecule has 0 spiro atoms. The maximum Gasteiger partial charge on any atom is 0.312 e. The van der Waals surface area contributed by atoms with Gasteiger partial charge in [0.1, 0.15) is 0 Å². The van der Waals surface area contributed by atoms with Crippen LogP contribution in [-0.4, -0.2) is 16.9 Å². The van der Waals surface area contributed by atoms with Crippen molar-refractivity contribution in [3.63, 3.8) is 0 Å². The van der Waals surface area contributed by atoms with E-state index < -0.39 is 6.03 Å². The second kappa shape index (κ2) is 7.04. The molecule has 4 N–H and O–H groups in total. The van der Waals surface area contributed by atoms with Crippen molar-refractivity contribution in [1.82, 2.24) is 15.6 Å². The van der Waals surface area contributed by atoms with Crippen LogP contribution in [0.4, 0.5) is 4.79 Å². The summed E-state index contributed by atoms with van der Waals surface area (Å²) < 4.78 is 0. The average Bonchev–Trinajstić information content (AvgIpc) is 2.81. The van der Waals surface area contributed by atoms with Gasteiger partial charge in [0, 0.05) is 17.0 Å².